The van der Waals surface area contributed by atoms with Gasteiger partial charge in [0.2, 0.25) is 10.0 Å². The van der Waals surface area contributed by atoms with Gasteiger partial charge >= 0.3 is 0 Å². The fourth-order valence-corrected chi connectivity index (χ4v) is 5.55. The standard InChI is InChI=1S/C24H30ClN3O4S/c1-26-33(30,31)24-13-16(7-9-20(24)25)23(29)15-27-11-12-32-17-8-10-22-19(14-17)18-5-3-2-4-6-21(18)28-22/h7-10,13-14,23,26-29H,2-6,11-12,15H2,1H3. The molecule has 178 valence electrons. The SMILES string of the molecule is CNS(=O)(=O)c1cc(C(O)CNCCOc2ccc3[nH]c4c(c3c2)CCCCC4)ccc1Cl. The predicted octanol–water partition coefficient (Wildman–Crippen LogP) is 3.70. The second kappa shape index (κ2) is 10.4. The second-order valence-electron chi connectivity index (χ2n) is 8.32. The zero-order valence-corrected chi connectivity index (χ0v) is 20.2. The smallest absolute Gasteiger partial charge is 0.241 e. The van der Waals surface area contributed by atoms with E-state index in [2.05, 4.69) is 27.2 Å². The van der Waals surface area contributed by atoms with Crippen LogP contribution < -0.4 is 14.8 Å². The van der Waals surface area contributed by atoms with Crippen LogP contribution in [0.4, 0.5) is 0 Å². The van der Waals surface area contributed by atoms with Crippen LogP contribution in [-0.4, -0.2) is 45.3 Å². The van der Waals surface area contributed by atoms with Crippen molar-refractivity contribution in [1.82, 2.24) is 15.0 Å². The minimum absolute atomic E-state index is 0.0513. The van der Waals surface area contributed by atoms with Gasteiger partial charge in [-0.1, -0.05) is 24.1 Å². The molecule has 4 rings (SSSR count). The molecule has 1 aliphatic carbocycles. The van der Waals surface area contributed by atoms with Crippen LogP contribution in [0.2, 0.25) is 5.02 Å². The van der Waals surface area contributed by atoms with Gasteiger partial charge in [0.1, 0.15) is 17.3 Å². The Kier molecular flexibility index (Phi) is 7.61. The molecular weight excluding hydrogens is 462 g/mol. The van der Waals surface area contributed by atoms with E-state index in [1.807, 2.05) is 6.07 Å². The summed E-state index contributed by atoms with van der Waals surface area (Å²) in [7, 11) is -2.38. The molecule has 1 aliphatic rings. The van der Waals surface area contributed by atoms with Crippen LogP contribution in [0.5, 0.6) is 5.75 Å². The predicted molar refractivity (Wildman–Crippen MR) is 131 cm³/mol. The van der Waals surface area contributed by atoms with Gasteiger partial charge in [0.15, 0.2) is 0 Å². The molecule has 1 aromatic heterocycles. The number of hydrogen-bond donors (Lipinski definition) is 4. The Bertz CT molecular complexity index is 1230. The lowest BCUT2D eigenvalue weighted by atomic mass is 10.1. The molecule has 1 heterocycles. The summed E-state index contributed by atoms with van der Waals surface area (Å²) in [5, 5.41) is 15.0. The first-order valence-electron chi connectivity index (χ1n) is 11.3. The van der Waals surface area contributed by atoms with E-state index in [-0.39, 0.29) is 16.5 Å². The van der Waals surface area contributed by atoms with Crippen LogP contribution in [0.15, 0.2) is 41.3 Å². The summed E-state index contributed by atoms with van der Waals surface area (Å²) in [4.78, 5) is 3.51. The average molecular weight is 492 g/mol. The van der Waals surface area contributed by atoms with Gasteiger partial charge in [0, 0.05) is 29.7 Å². The summed E-state index contributed by atoms with van der Waals surface area (Å²) in [5.41, 5.74) is 4.43. The number of rotatable bonds is 9. The number of ether oxygens (including phenoxy) is 1. The molecule has 9 heteroatoms. The van der Waals surface area contributed by atoms with Gasteiger partial charge in [-0.05, 0) is 74.2 Å². The van der Waals surface area contributed by atoms with Crippen molar-refractivity contribution in [2.24, 2.45) is 0 Å². The van der Waals surface area contributed by atoms with Crippen molar-refractivity contribution >= 4 is 32.5 Å². The number of fused-ring (bicyclic) bond motifs is 3. The van der Waals surface area contributed by atoms with E-state index in [1.54, 1.807) is 6.07 Å². The molecule has 4 N–H and O–H groups in total. The molecule has 1 unspecified atom stereocenters. The van der Waals surface area contributed by atoms with Gasteiger partial charge in [0.25, 0.3) is 0 Å². The quantitative estimate of drug-likeness (QED) is 0.270. The highest BCUT2D eigenvalue weighted by atomic mass is 35.5. The number of aliphatic hydroxyl groups excluding tert-OH is 1. The number of H-pyrrole nitrogens is 1. The van der Waals surface area contributed by atoms with E-state index in [9.17, 15) is 13.5 Å². The fraction of sp³-hybridized carbons (Fsp3) is 0.417. The molecule has 3 aromatic rings. The van der Waals surface area contributed by atoms with Gasteiger partial charge in [-0.2, -0.15) is 0 Å². The number of nitrogens with one attached hydrogen (secondary N) is 3. The molecule has 0 saturated carbocycles. The van der Waals surface area contributed by atoms with Crippen LogP contribution in [0.3, 0.4) is 0 Å². The first-order chi connectivity index (χ1) is 15.9. The summed E-state index contributed by atoms with van der Waals surface area (Å²) in [6.45, 7) is 1.24. The Hall–Kier alpha value is -2.10. The molecule has 33 heavy (non-hydrogen) atoms. The zero-order valence-electron chi connectivity index (χ0n) is 18.7. The Morgan fingerprint density at radius 2 is 1.97 bits per heavy atom. The summed E-state index contributed by atoms with van der Waals surface area (Å²) >= 11 is 6.01. The van der Waals surface area contributed by atoms with Gasteiger partial charge in [-0.15, -0.1) is 0 Å². The molecular formula is C24H30ClN3O4S. The van der Waals surface area contributed by atoms with Gasteiger partial charge < -0.3 is 20.1 Å². The number of benzene rings is 2. The van der Waals surface area contributed by atoms with Crippen LogP contribution >= 0.6 is 11.6 Å². The average Bonchev–Trinajstić information content (AvgIpc) is 2.98. The Labute approximate surface area is 199 Å². The minimum atomic E-state index is -3.70. The first kappa shape index (κ1) is 24.0. The Morgan fingerprint density at radius 3 is 2.79 bits per heavy atom. The van der Waals surface area contributed by atoms with Gasteiger partial charge in [-0.3, -0.25) is 0 Å². The van der Waals surface area contributed by atoms with Gasteiger partial charge in [-0.25, -0.2) is 13.1 Å². The van der Waals surface area contributed by atoms with Gasteiger partial charge in [0.05, 0.1) is 11.1 Å². The maximum atomic E-state index is 12.1. The Balaban J connectivity index is 1.30. The minimum Gasteiger partial charge on any atom is -0.492 e. The number of aryl methyl sites for hydroxylation is 2. The number of aliphatic hydroxyl groups is 1. The molecule has 0 bridgehead atoms. The second-order valence-corrected chi connectivity index (χ2v) is 10.6. The highest BCUT2D eigenvalue weighted by Gasteiger charge is 2.19. The number of hydrogen-bond acceptors (Lipinski definition) is 5. The van der Waals surface area contributed by atoms with E-state index in [1.165, 1.54) is 55.1 Å². The Morgan fingerprint density at radius 1 is 1.15 bits per heavy atom. The molecule has 0 aliphatic heterocycles. The van der Waals surface area contributed by atoms with Crippen molar-refractivity contribution in [1.29, 1.82) is 0 Å². The molecule has 0 amide bonds. The number of sulfonamides is 1. The van der Waals surface area contributed by atoms with Crippen molar-refractivity contribution in [3.05, 3.63) is 58.2 Å². The lowest BCUT2D eigenvalue weighted by molar-refractivity contribution is 0.171. The summed E-state index contributed by atoms with van der Waals surface area (Å²) < 4.78 is 32.3. The van der Waals surface area contributed by atoms with E-state index in [0.717, 1.165) is 24.1 Å². The third-order valence-corrected chi connectivity index (χ3v) is 8.00. The largest absolute Gasteiger partial charge is 0.492 e. The maximum absolute atomic E-state index is 12.1. The van der Waals surface area contributed by atoms with Crippen molar-refractivity contribution in [3.63, 3.8) is 0 Å². The summed E-state index contributed by atoms with van der Waals surface area (Å²) in [5.74, 6) is 0.829. The molecule has 0 fully saturated rings. The van der Waals surface area contributed by atoms with Crippen LogP contribution in [-0.2, 0) is 22.9 Å². The number of aromatic amines is 1. The molecule has 0 radical (unpaired) electrons. The highest BCUT2D eigenvalue weighted by molar-refractivity contribution is 7.89. The number of halogens is 1. The van der Waals surface area contributed by atoms with E-state index >= 15 is 0 Å². The normalized spacial score (nSPS) is 15.2. The molecule has 2 aromatic carbocycles. The molecule has 1 atom stereocenters. The van der Waals surface area contributed by atoms with E-state index < -0.39 is 16.1 Å². The van der Waals surface area contributed by atoms with Crippen LogP contribution in [0, 0.1) is 0 Å². The van der Waals surface area contributed by atoms with Crippen LogP contribution in [0.1, 0.15) is 42.2 Å². The van der Waals surface area contributed by atoms with Crippen molar-refractivity contribution in [2.75, 3.05) is 26.7 Å². The summed E-state index contributed by atoms with van der Waals surface area (Å²) in [6, 6.07) is 10.7. The highest BCUT2D eigenvalue weighted by Crippen LogP contribution is 2.31. The van der Waals surface area contributed by atoms with E-state index in [0.29, 0.717) is 18.7 Å². The first-order valence-corrected chi connectivity index (χ1v) is 13.1. The van der Waals surface area contributed by atoms with Crippen molar-refractivity contribution < 1.29 is 18.3 Å². The van der Waals surface area contributed by atoms with Crippen molar-refractivity contribution in [3.8, 4) is 5.75 Å². The topological polar surface area (TPSA) is 103 Å². The van der Waals surface area contributed by atoms with E-state index in [4.69, 9.17) is 16.3 Å². The third-order valence-electron chi connectivity index (χ3n) is 6.10. The third kappa shape index (κ3) is 5.53. The fourth-order valence-electron chi connectivity index (χ4n) is 4.29. The monoisotopic (exact) mass is 491 g/mol. The van der Waals surface area contributed by atoms with Crippen LogP contribution in [0.25, 0.3) is 10.9 Å². The number of aromatic nitrogens is 1. The zero-order chi connectivity index (χ0) is 23.4. The van der Waals surface area contributed by atoms with Crippen molar-refractivity contribution in [2.45, 2.75) is 43.1 Å². The maximum Gasteiger partial charge on any atom is 0.241 e. The molecule has 0 spiro atoms. The lowest BCUT2D eigenvalue weighted by Crippen LogP contribution is -2.26. The summed E-state index contributed by atoms with van der Waals surface area (Å²) in [6.07, 6.45) is 5.10. The lowest BCUT2D eigenvalue weighted by Gasteiger charge is -2.15. The molecule has 0 saturated heterocycles. The molecule has 7 nitrogen and oxygen atoms in total.